The van der Waals surface area contributed by atoms with Gasteiger partial charge in [-0.15, -0.1) is 11.3 Å². The lowest BCUT2D eigenvalue weighted by Crippen LogP contribution is -2.54. The third-order valence-electron chi connectivity index (χ3n) is 3.73. The second-order valence-corrected chi connectivity index (χ2v) is 7.86. The molecule has 1 aromatic carbocycles. The molecule has 0 unspecified atom stereocenters. The fourth-order valence-corrected chi connectivity index (χ4v) is 3.67. The van der Waals surface area contributed by atoms with Crippen LogP contribution in [0.2, 0.25) is 0 Å². The van der Waals surface area contributed by atoms with Crippen molar-refractivity contribution in [2.45, 2.75) is 13.8 Å². The van der Waals surface area contributed by atoms with Gasteiger partial charge in [0.15, 0.2) is 0 Å². The minimum atomic E-state index is -0.738. The van der Waals surface area contributed by atoms with Crippen LogP contribution in [0.5, 0.6) is 0 Å². The molecule has 0 atom stereocenters. The number of anilines is 1. The zero-order valence-electron chi connectivity index (χ0n) is 12.9. The molecular formula is C17H13BrN2O3S. The second-order valence-electron chi connectivity index (χ2n) is 5.37. The Morgan fingerprint density at radius 2 is 1.83 bits per heavy atom. The van der Waals surface area contributed by atoms with Gasteiger partial charge >= 0.3 is 6.03 Å². The summed E-state index contributed by atoms with van der Waals surface area (Å²) in [5.74, 6) is -1.31. The van der Waals surface area contributed by atoms with E-state index in [1.807, 2.05) is 26.0 Å². The van der Waals surface area contributed by atoms with Crippen LogP contribution in [0.4, 0.5) is 10.5 Å². The van der Waals surface area contributed by atoms with Gasteiger partial charge in [0.1, 0.15) is 5.57 Å². The summed E-state index contributed by atoms with van der Waals surface area (Å²) < 4.78 is 0.889. The first kappa shape index (κ1) is 16.6. The molecule has 0 aliphatic carbocycles. The highest BCUT2D eigenvalue weighted by atomic mass is 79.9. The van der Waals surface area contributed by atoms with Gasteiger partial charge in [0, 0.05) is 4.88 Å². The molecule has 3 rings (SSSR count). The van der Waals surface area contributed by atoms with Crippen molar-refractivity contribution < 1.29 is 14.4 Å². The topological polar surface area (TPSA) is 66.5 Å². The predicted molar refractivity (Wildman–Crippen MR) is 96.9 cm³/mol. The van der Waals surface area contributed by atoms with E-state index in [1.54, 1.807) is 18.2 Å². The largest absolute Gasteiger partial charge is 0.335 e. The third-order valence-corrected chi connectivity index (χ3v) is 5.30. The van der Waals surface area contributed by atoms with Crippen molar-refractivity contribution in [3.63, 3.8) is 0 Å². The summed E-state index contributed by atoms with van der Waals surface area (Å²) in [6, 6.07) is 8.16. The van der Waals surface area contributed by atoms with Crippen LogP contribution in [0.3, 0.4) is 0 Å². The maximum atomic E-state index is 12.7. The molecule has 1 aromatic heterocycles. The highest BCUT2D eigenvalue weighted by Crippen LogP contribution is 2.27. The molecule has 7 heteroatoms. The smallest absolute Gasteiger partial charge is 0.273 e. The van der Waals surface area contributed by atoms with Gasteiger partial charge in [-0.1, -0.05) is 6.07 Å². The third kappa shape index (κ3) is 3.05. The lowest BCUT2D eigenvalue weighted by atomic mass is 10.1. The zero-order chi connectivity index (χ0) is 17.4. The Morgan fingerprint density at radius 1 is 1.08 bits per heavy atom. The van der Waals surface area contributed by atoms with E-state index in [9.17, 15) is 14.4 Å². The fourth-order valence-electron chi connectivity index (χ4n) is 2.30. The summed E-state index contributed by atoms with van der Waals surface area (Å²) in [7, 11) is 0. The van der Waals surface area contributed by atoms with Crippen molar-refractivity contribution in [3.05, 3.63) is 55.7 Å². The van der Waals surface area contributed by atoms with E-state index in [0.29, 0.717) is 5.69 Å². The molecule has 1 saturated heterocycles. The number of barbiturate groups is 1. The number of hydrogen-bond acceptors (Lipinski definition) is 4. The minimum absolute atomic E-state index is 0.0674. The van der Waals surface area contributed by atoms with Crippen molar-refractivity contribution >= 4 is 56.9 Å². The maximum absolute atomic E-state index is 12.7. The summed E-state index contributed by atoms with van der Waals surface area (Å²) >= 11 is 4.73. The van der Waals surface area contributed by atoms with Crippen molar-refractivity contribution in [3.8, 4) is 0 Å². The minimum Gasteiger partial charge on any atom is -0.273 e. The Morgan fingerprint density at radius 3 is 2.46 bits per heavy atom. The standard InChI is InChI=1S/C17H13BrN2O3S/c1-9-3-4-11(7-10(9)2)20-16(22)13(15(21)19-17(20)23)8-12-5-6-14(18)24-12/h3-8H,1-2H3,(H,19,21,23)/b13-8+. The van der Waals surface area contributed by atoms with E-state index in [0.717, 1.165) is 24.7 Å². The number of rotatable bonds is 2. The van der Waals surface area contributed by atoms with Crippen LogP contribution in [0.25, 0.3) is 6.08 Å². The molecule has 1 aliphatic rings. The van der Waals surface area contributed by atoms with Crippen LogP contribution < -0.4 is 10.2 Å². The molecule has 1 aliphatic heterocycles. The van der Waals surface area contributed by atoms with Gasteiger partial charge in [-0.05, 0) is 71.2 Å². The quantitative estimate of drug-likeness (QED) is 0.611. The first-order valence-corrected chi connectivity index (χ1v) is 8.72. The van der Waals surface area contributed by atoms with Crippen LogP contribution in [-0.4, -0.2) is 17.8 Å². The molecule has 1 N–H and O–H groups in total. The van der Waals surface area contributed by atoms with Crippen molar-refractivity contribution in [2.24, 2.45) is 0 Å². The van der Waals surface area contributed by atoms with Crippen molar-refractivity contribution in [1.82, 2.24) is 5.32 Å². The van der Waals surface area contributed by atoms with Crippen LogP contribution in [0.15, 0.2) is 39.7 Å². The number of aryl methyl sites for hydroxylation is 2. The predicted octanol–water partition coefficient (Wildman–Crippen LogP) is 3.79. The summed E-state index contributed by atoms with van der Waals surface area (Å²) in [5, 5.41) is 2.22. The molecule has 1 fully saturated rings. The normalized spacial score (nSPS) is 16.7. The molecule has 0 bridgehead atoms. The van der Waals surface area contributed by atoms with Gasteiger partial charge in [-0.3, -0.25) is 14.9 Å². The first-order valence-electron chi connectivity index (χ1n) is 7.11. The van der Waals surface area contributed by atoms with E-state index >= 15 is 0 Å². The molecule has 5 nitrogen and oxygen atoms in total. The lowest BCUT2D eigenvalue weighted by molar-refractivity contribution is -0.122. The maximum Gasteiger partial charge on any atom is 0.335 e. The highest BCUT2D eigenvalue weighted by Gasteiger charge is 2.36. The SMILES string of the molecule is Cc1ccc(N2C(=O)NC(=O)/C(=C\c3ccc(Br)s3)C2=O)cc1C. The van der Waals surface area contributed by atoms with E-state index in [1.165, 1.54) is 17.4 Å². The monoisotopic (exact) mass is 404 g/mol. The number of carbonyl (C=O) groups is 3. The number of nitrogens with zero attached hydrogens (tertiary/aromatic N) is 1. The average molecular weight is 405 g/mol. The van der Waals surface area contributed by atoms with Crippen molar-refractivity contribution in [2.75, 3.05) is 4.90 Å². The van der Waals surface area contributed by atoms with Crippen molar-refractivity contribution in [1.29, 1.82) is 0 Å². The van der Waals surface area contributed by atoms with E-state index in [4.69, 9.17) is 0 Å². The van der Waals surface area contributed by atoms with Gasteiger partial charge in [0.05, 0.1) is 9.47 Å². The van der Waals surface area contributed by atoms with Gasteiger partial charge < -0.3 is 0 Å². The van der Waals surface area contributed by atoms with E-state index in [2.05, 4.69) is 21.2 Å². The fraction of sp³-hybridized carbons (Fsp3) is 0.118. The summed E-state index contributed by atoms with van der Waals surface area (Å²) in [6.45, 7) is 3.84. The Bertz CT molecular complexity index is 901. The number of carbonyl (C=O) groups excluding carboxylic acids is 3. The molecule has 24 heavy (non-hydrogen) atoms. The zero-order valence-corrected chi connectivity index (χ0v) is 15.3. The number of urea groups is 1. The van der Waals surface area contributed by atoms with Crippen LogP contribution in [0.1, 0.15) is 16.0 Å². The Labute approximate surface area is 151 Å². The first-order chi connectivity index (χ1) is 11.4. The molecular weight excluding hydrogens is 392 g/mol. The highest BCUT2D eigenvalue weighted by molar-refractivity contribution is 9.11. The number of imide groups is 2. The van der Waals surface area contributed by atoms with Crippen LogP contribution in [0, 0.1) is 13.8 Å². The van der Waals surface area contributed by atoms with E-state index < -0.39 is 17.8 Å². The van der Waals surface area contributed by atoms with Gasteiger partial charge in [0.2, 0.25) is 0 Å². The molecule has 2 heterocycles. The Hall–Kier alpha value is -2.25. The molecule has 0 saturated carbocycles. The van der Waals surface area contributed by atoms with Gasteiger partial charge in [-0.25, -0.2) is 9.69 Å². The molecule has 122 valence electrons. The lowest BCUT2D eigenvalue weighted by Gasteiger charge is -2.26. The number of amides is 4. The molecule has 2 aromatic rings. The van der Waals surface area contributed by atoms with Gasteiger partial charge in [-0.2, -0.15) is 0 Å². The summed E-state index contributed by atoms with van der Waals surface area (Å²) in [6.07, 6.45) is 1.49. The summed E-state index contributed by atoms with van der Waals surface area (Å²) in [4.78, 5) is 38.7. The number of benzene rings is 1. The van der Waals surface area contributed by atoms with Crippen LogP contribution in [-0.2, 0) is 9.59 Å². The molecule has 0 radical (unpaired) electrons. The Kier molecular flexibility index (Phi) is 4.38. The molecule has 4 amide bonds. The molecule has 0 spiro atoms. The second kappa shape index (κ2) is 6.33. The average Bonchev–Trinajstić information content (AvgIpc) is 2.92. The number of hydrogen-bond donors (Lipinski definition) is 1. The van der Waals surface area contributed by atoms with E-state index in [-0.39, 0.29) is 5.57 Å². The van der Waals surface area contributed by atoms with Crippen LogP contribution >= 0.6 is 27.3 Å². The number of thiophene rings is 1. The van der Waals surface area contributed by atoms with Gasteiger partial charge in [0.25, 0.3) is 11.8 Å². The summed E-state index contributed by atoms with van der Waals surface area (Å²) in [5.41, 5.74) is 2.38. The Balaban J connectivity index is 2.02. The number of halogens is 1. The number of nitrogens with one attached hydrogen (secondary N) is 1.